The van der Waals surface area contributed by atoms with Crippen LogP contribution in [-0.4, -0.2) is 17.3 Å². The topological polar surface area (TPSA) is 51.2 Å². The van der Waals surface area contributed by atoms with Crippen LogP contribution in [0, 0.1) is 10.8 Å². The third-order valence-electron chi connectivity index (χ3n) is 7.05. The largest absolute Gasteiger partial charge is 0.299 e. The number of carbonyl (C=O) groups is 3. The molecule has 3 heteroatoms. The molecule has 0 fully saturated rings. The minimum absolute atomic E-state index is 0.0103. The highest BCUT2D eigenvalue weighted by Crippen LogP contribution is 2.39. The van der Waals surface area contributed by atoms with Crippen molar-refractivity contribution >= 4 is 17.3 Å². The van der Waals surface area contributed by atoms with E-state index >= 15 is 0 Å². The van der Waals surface area contributed by atoms with Crippen LogP contribution in [0.1, 0.15) is 68.9 Å². The molecule has 1 atom stereocenters. The number of Topliss-reactive ketones (excluding diaryl/α,β-unsaturated/α-hetero) is 2. The van der Waals surface area contributed by atoms with Gasteiger partial charge in [0.05, 0.1) is 0 Å². The van der Waals surface area contributed by atoms with Crippen LogP contribution in [0.3, 0.4) is 0 Å². The highest BCUT2D eigenvalue weighted by Gasteiger charge is 2.38. The van der Waals surface area contributed by atoms with Crippen molar-refractivity contribution in [3.8, 4) is 11.1 Å². The van der Waals surface area contributed by atoms with Crippen molar-refractivity contribution in [2.24, 2.45) is 10.8 Å². The molecule has 0 aliphatic rings. The van der Waals surface area contributed by atoms with Gasteiger partial charge in [0.1, 0.15) is 11.6 Å². The average molecular weight is 455 g/mol. The maximum absolute atomic E-state index is 12.8. The van der Waals surface area contributed by atoms with E-state index in [4.69, 9.17) is 0 Å². The molecule has 0 saturated heterocycles. The minimum atomic E-state index is -0.542. The van der Waals surface area contributed by atoms with E-state index in [1.807, 2.05) is 75.4 Å². The Morgan fingerprint density at radius 2 is 1.29 bits per heavy atom. The van der Waals surface area contributed by atoms with Gasteiger partial charge in [-0.15, -0.1) is 0 Å². The lowest BCUT2D eigenvalue weighted by Crippen LogP contribution is -2.35. The maximum Gasteiger partial charge on any atom is 0.193 e. The zero-order valence-electron chi connectivity index (χ0n) is 20.9. The van der Waals surface area contributed by atoms with Gasteiger partial charge >= 0.3 is 0 Å². The molecule has 1 unspecified atom stereocenters. The Balaban J connectivity index is 1.73. The van der Waals surface area contributed by atoms with Crippen LogP contribution in [0.2, 0.25) is 0 Å². The quantitative estimate of drug-likeness (QED) is 0.307. The Kier molecular flexibility index (Phi) is 7.66. The monoisotopic (exact) mass is 454 g/mol. The third kappa shape index (κ3) is 5.96. The minimum Gasteiger partial charge on any atom is -0.299 e. The van der Waals surface area contributed by atoms with E-state index < -0.39 is 10.8 Å². The van der Waals surface area contributed by atoms with E-state index in [1.54, 1.807) is 13.8 Å². The predicted octanol–water partition coefficient (Wildman–Crippen LogP) is 7.12. The van der Waals surface area contributed by atoms with Crippen LogP contribution >= 0.6 is 0 Å². The van der Waals surface area contributed by atoms with Crippen LogP contribution in [0.4, 0.5) is 0 Å². The van der Waals surface area contributed by atoms with Crippen molar-refractivity contribution < 1.29 is 14.4 Å². The van der Waals surface area contributed by atoms with Crippen LogP contribution in [0.25, 0.3) is 11.1 Å². The first-order valence-corrected chi connectivity index (χ1v) is 11.8. The fourth-order valence-electron chi connectivity index (χ4n) is 4.37. The second-order valence-corrected chi connectivity index (χ2v) is 10.2. The molecule has 176 valence electrons. The molecule has 34 heavy (non-hydrogen) atoms. The molecule has 3 aromatic carbocycles. The molecule has 0 heterocycles. The van der Waals surface area contributed by atoms with Gasteiger partial charge in [0.25, 0.3) is 0 Å². The zero-order chi connectivity index (χ0) is 24.9. The Labute approximate surface area is 203 Å². The van der Waals surface area contributed by atoms with Crippen molar-refractivity contribution in [1.29, 1.82) is 0 Å². The Hall–Kier alpha value is -3.33. The van der Waals surface area contributed by atoms with Crippen molar-refractivity contribution in [2.45, 2.75) is 53.9 Å². The number of aryl methyl sites for hydroxylation is 1. The molecule has 0 N–H and O–H groups in total. The first kappa shape index (κ1) is 25.3. The highest BCUT2D eigenvalue weighted by atomic mass is 16.1. The second kappa shape index (κ2) is 10.3. The number of carbonyl (C=O) groups excluding carboxylic acids is 3. The molecule has 3 aromatic rings. The summed E-state index contributed by atoms with van der Waals surface area (Å²) in [6, 6.07) is 25.3. The molecule has 0 aromatic heterocycles. The molecule has 3 nitrogen and oxygen atoms in total. The van der Waals surface area contributed by atoms with E-state index in [9.17, 15) is 14.4 Å². The summed E-state index contributed by atoms with van der Waals surface area (Å²) in [6.07, 6.45) is 2.00. The lowest BCUT2D eigenvalue weighted by Gasteiger charge is -2.34. The molecular formula is C31H34O3. The van der Waals surface area contributed by atoms with E-state index in [-0.39, 0.29) is 17.3 Å². The van der Waals surface area contributed by atoms with Crippen molar-refractivity contribution in [2.75, 3.05) is 0 Å². The van der Waals surface area contributed by atoms with E-state index in [1.165, 1.54) is 0 Å². The third-order valence-corrected chi connectivity index (χ3v) is 7.05. The van der Waals surface area contributed by atoms with Crippen LogP contribution < -0.4 is 0 Å². The molecule has 3 rings (SSSR count). The van der Waals surface area contributed by atoms with Gasteiger partial charge in [0, 0.05) is 22.0 Å². The first-order valence-electron chi connectivity index (χ1n) is 11.8. The van der Waals surface area contributed by atoms with Gasteiger partial charge in [-0.3, -0.25) is 14.4 Å². The molecular weight excluding hydrogens is 420 g/mol. The van der Waals surface area contributed by atoms with E-state index in [0.717, 1.165) is 23.1 Å². The predicted molar refractivity (Wildman–Crippen MR) is 138 cm³/mol. The van der Waals surface area contributed by atoms with Gasteiger partial charge < -0.3 is 0 Å². The van der Waals surface area contributed by atoms with Gasteiger partial charge in [-0.1, -0.05) is 93.6 Å². The molecule has 0 saturated carbocycles. The van der Waals surface area contributed by atoms with Gasteiger partial charge in [0.2, 0.25) is 0 Å². The number of hydrogen-bond donors (Lipinski definition) is 0. The van der Waals surface area contributed by atoms with Gasteiger partial charge in [-0.05, 0) is 55.9 Å². The van der Waals surface area contributed by atoms with Crippen LogP contribution in [0.15, 0.2) is 78.9 Å². The molecule has 0 amide bonds. The molecule has 0 aliphatic heterocycles. The van der Waals surface area contributed by atoms with Crippen LogP contribution in [-0.2, 0) is 16.0 Å². The Bertz CT molecular complexity index is 1170. The fourth-order valence-corrected chi connectivity index (χ4v) is 4.37. The lowest BCUT2D eigenvalue weighted by atomic mass is 9.68. The summed E-state index contributed by atoms with van der Waals surface area (Å²) in [5.74, 6) is 0.242. The summed E-state index contributed by atoms with van der Waals surface area (Å²) in [6.45, 7) is 9.04. The Morgan fingerprint density at radius 3 is 1.88 bits per heavy atom. The van der Waals surface area contributed by atoms with Crippen molar-refractivity contribution in [3.05, 3.63) is 95.6 Å². The zero-order valence-corrected chi connectivity index (χ0v) is 20.9. The SMILES string of the molecule is CC(=O)C(C)(C)CC(C)(CCc1ccc(-c2cccc(C(=O)c3ccccc3)c2)cc1)C(C)=O. The van der Waals surface area contributed by atoms with Crippen molar-refractivity contribution in [1.82, 2.24) is 0 Å². The number of benzene rings is 3. The van der Waals surface area contributed by atoms with Gasteiger partial charge in [-0.25, -0.2) is 0 Å². The molecule has 0 bridgehead atoms. The number of ketones is 3. The van der Waals surface area contributed by atoms with Gasteiger partial charge in [-0.2, -0.15) is 0 Å². The average Bonchev–Trinajstić information content (AvgIpc) is 2.83. The summed E-state index contributed by atoms with van der Waals surface area (Å²) in [5, 5.41) is 0. The fraction of sp³-hybridized carbons (Fsp3) is 0.323. The number of hydrogen-bond acceptors (Lipinski definition) is 3. The van der Waals surface area contributed by atoms with E-state index in [0.29, 0.717) is 24.0 Å². The first-order chi connectivity index (χ1) is 16.0. The smallest absolute Gasteiger partial charge is 0.193 e. The van der Waals surface area contributed by atoms with Crippen molar-refractivity contribution in [3.63, 3.8) is 0 Å². The summed E-state index contributed by atoms with van der Waals surface area (Å²) < 4.78 is 0. The maximum atomic E-state index is 12.8. The second-order valence-electron chi connectivity index (χ2n) is 10.2. The summed E-state index contributed by atoms with van der Waals surface area (Å²) in [4.78, 5) is 37.3. The lowest BCUT2D eigenvalue weighted by molar-refractivity contribution is -0.132. The van der Waals surface area contributed by atoms with Crippen LogP contribution in [0.5, 0.6) is 0 Å². The molecule has 0 spiro atoms. The normalized spacial score (nSPS) is 13.2. The Morgan fingerprint density at radius 1 is 0.676 bits per heavy atom. The van der Waals surface area contributed by atoms with Gasteiger partial charge in [0.15, 0.2) is 5.78 Å². The standard InChI is InChI=1S/C31H34O3/c1-22(32)30(3,4)21-31(5,23(2)33)19-18-24-14-16-25(17-15-24)27-12-9-13-28(20-27)29(34)26-10-7-6-8-11-26/h6-17,20H,18-19,21H2,1-5H3. The summed E-state index contributed by atoms with van der Waals surface area (Å²) in [7, 11) is 0. The number of rotatable bonds is 10. The summed E-state index contributed by atoms with van der Waals surface area (Å²) in [5.41, 5.74) is 3.46. The van der Waals surface area contributed by atoms with E-state index in [2.05, 4.69) is 24.3 Å². The molecule has 0 radical (unpaired) electrons. The highest BCUT2D eigenvalue weighted by molar-refractivity contribution is 6.09. The summed E-state index contributed by atoms with van der Waals surface area (Å²) >= 11 is 0. The molecule has 0 aliphatic carbocycles.